The molecule has 354 valence electrons. The summed E-state index contributed by atoms with van der Waals surface area (Å²) in [4.78, 5) is 41.9. The molecule has 10 rings (SSSR count). The van der Waals surface area contributed by atoms with E-state index in [1.54, 1.807) is 24.4 Å². The second-order valence-corrected chi connectivity index (χ2v) is 21.2. The van der Waals surface area contributed by atoms with Gasteiger partial charge in [-0.15, -0.1) is 0 Å². The van der Waals surface area contributed by atoms with Crippen LogP contribution < -0.4 is 24.4 Å². The van der Waals surface area contributed by atoms with E-state index in [0.717, 1.165) is 70.5 Å². The number of fused-ring (bicyclic) bond motifs is 2. The molecule has 18 heteroatoms. The topological polar surface area (TPSA) is 179 Å². The van der Waals surface area contributed by atoms with Gasteiger partial charge in [0.25, 0.3) is 21.6 Å². The number of benzene rings is 3. The molecule has 6 heterocycles. The number of likely N-dealkylation sites (N-methyl/N-ethyl adjacent to an activating group) is 1. The van der Waals surface area contributed by atoms with Crippen molar-refractivity contribution >= 4 is 44.0 Å². The van der Waals surface area contributed by atoms with Crippen LogP contribution in [0.1, 0.15) is 85.8 Å². The number of anilines is 2. The molecule has 3 N–H and O–H groups in total. The molecule has 1 spiro atoms. The fourth-order valence-corrected chi connectivity index (χ4v) is 12.1. The average molecular weight is 936 g/mol. The van der Waals surface area contributed by atoms with Gasteiger partial charge >= 0.3 is 0 Å². The second-order valence-electron chi connectivity index (χ2n) is 19.5. The maximum atomic E-state index is 16.6. The van der Waals surface area contributed by atoms with E-state index in [0.29, 0.717) is 54.4 Å². The van der Waals surface area contributed by atoms with Crippen molar-refractivity contribution in [1.29, 1.82) is 0 Å². The van der Waals surface area contributed by atoms with Crippen LogP contribution in [-0.2, 0) is 10.0 Å². The Morgan fingerprint density at radius 2 is 1.82 bits per heavy atom. The summed E-state index contributed by atoms with van der Waals surface area (Å²) in [5.74, 6) is -1.88. The van der Waals surface area contributed by atoms with E-state index in [2.05, 4.69) is 80.0 Å². The van der Waals surface area contributed by atoms with Gasteiger partial charge in [-0.1, -0.05) is 38.1 Å². The molecule has 4 aliphatic heterocycles. The van der Waals surface area contributed by atoms with Gasteiger partial charge in [-0.05, 0) is 92.8 Å². The summed E-state index contributed by atoms with van der Waals surface area (Å²) in [6, 6.07) is 17.9. The number of aromatic nitrogens is 2. The highest BCUT2D eigenvalue weighted by Gasteiger charge is 2.50. The highest BCUT2D eigenvalue weighted by atomic mass is 32.2. The fraction of sp³-hybridized carbons (Fsp3) is 0.469. The molecule has 1 saturated carbocycles. The number of nitrogens with one attached hydrogen (secondary N) is 3. The Balaban J connectivity index is 0.865. The number of nitrogens with zero attached hydrogens (tertiary/aromatic N) is 6. The molecular weight excluding hydrogens is 878 g/mol. The van der Waals surface area contributed by atoms with Gasteiger partial charge < -0.3 is 29.6 Å². The number of rotatable bonds is 12. The molecule has 1 amide bonds. The average Bonchev–Trinajstić information content (AvgIpc) is 3.98. The van der Waals surface area contributed by atoms with Crippen molar-refractivity contribution in [3.63, 3.8) is 0 Å². The maximum absolute atomic E-state index is 16.6. The van der Waals surface area contributed by atoms with Crippen molar-refractivity contribution in [2.45, 2.75) is 81.3 Å². The normalized spacial score (nSPS) is 21.5. The van der Waals surface area contributed by atoms with E-state index in [9.17, 15) is 23.3 Å². The summed E-state index contributed by atoms with van der Waals surface area (Å²) in [6.45, 7) is 11.2. The zero-order valence-corrected chi connectivity index (χ0v) is 39.0. The van der Waals surface area contributed by atoms with E-state index in [4.69, 9.17) is 9.47 Å². The third kappa shape index (κ3) is 9.03. The van der Waals surface area contributed by atoms with Crippen LogP contribution in [0.15, 0.2) is 78.0 Å². The first kappa shape index (κ1) is 45.0. The summed E-state index contributed by atoms with van der Waals surface area (Å²) in [5, 5.41) is 16.3. The summed E-state index contributed by atoms with van der Waals surface area (Å²) < 4.78 is 58.6. The number of likely N-dealkylation sites (tertiary alicyclic amines) is 1. The number of pyridine rings is 1. The van der Waals surface area contributed by atoms with Crippen molar-refractivity contribution in [3.8, 4) is 17.2 Å². The van der Waals surface area contributed by atoms with Gasteiger partial charge in [-0.25, -0.2) is 22.5 Å². The van der Waals surface area contributed by atoms with Crippen LogP contribution in [0.25, 0.3) is 11.0 Å². The largest absolute Gasteiger partial charge is 0.489 e. The van der Waals surface area contributed by atoms with Crippen LogP contribution in [0.3, 0.4) is 0 Å². The van der Waals surface area contributed by atoms with Gasteiger partial charge in [0.2, 0.25) is 0 Å². The van der Waals surface area contributed by atoms with Crippen LogP contribution in [0, 0.1) is 21.3 Å². The van der Waals surface area contributed by atoms with Gasteiger partial charge in [-0.3, -0.25) is 24.7 Å². The lowest BCUT2D eigenvalue weighted by Gasteiger charge is -2.56. The van der Waals surface area contributed by atoms with Crippen molar-refractivity contribution < 1.29 is 32.0 Å². The minimum Gasteiger partial charge on any atom is -0.489 e. The monoisotopic (exact) mass is 935 g/mol. The Bertz CT molecular complexity index is 2800. The van der Waals surface area contributed by atoms with Crippen LogP contribution in [-0.4, -0.2) is 122 Å². The molecule has 0 radical (unpaired) electrons. The number of nitro groups is 1. The number of hydrogen-bond acceptors (Lipinski definition) is 13. The van der Waals surface area contributed by atoms with E-state index >= 15 is 4.39 Å². The van der Waals surface area contributed by atoms with Crippen LogP contribution in [0.2, 0.25) is 0 Å². The number of carbonyl (C=O) groups is 1. The fourth-order valence-electron chi connectivity index (χ4n) is 11.1. The van der Waals surface area contributed by atoms with Gasteiger partial charge in [0.15, 0.2) is 11.4 Å². The highest BCUT2D eigenvalue weighted by Crippen LogP contribution is 2.54. The number of carbonyl (C=O) groups excluding carboxylic acids is 1. The van der Waals surface area contributed by atoms with E-state index in [-0.39, 0.29) is 41.0 Å². The number of nitro benzene ring substituents is 1. The van der Waals surface area contributed by atoms with Crippen molar-refractivity contribution in [2.75, 3.05) is 76.2 Å². The molecular formula is C49H58FN9O7S. The molecule has 3 aromatic carbocycles. The van der Waals surface area contributed by atoms with Crippen LogP contribution in [0.4, 0.5) is 21.5 Å². The lowest BCUT2D eigenvalue weighted by atomic mass is 9.59. The van der Waals surface area contributed by atoms with Crippen molar-refractivity contribution in [2.24, 2.45) is 5.41 Å². The summed E-state index contributed by atoms with van der Waals surface area (Å²) in [5.41, 5.74) is 3.07. The van der Waals surface area contributed by atoms with Gasteiger partial charge in [0, 0.05) is 93.4 Å². The van der Waals surface area contributed by atoms with Gasteiger partial charge in [0.1, 0.15) is 35.1 Å². The van der Waals surface area contributed by atoms with Crippen LogP contribution >= 0.6 is 0 Å². The molecule has 16 nitrogen and oxygen atoms in total. The van der Waals surface area contributed by atoms with Crippen molar-refractivity contribution in [3.05, 3.63) is 106 Å². The summed E-state index contributed by atoms with van der Waals surface area (Å²) in [6.07, 6.45) is 9.63. The first-order valence-corrected chi connectivity index (χ1v) is 24.9. The second kappa shape index (κ2) is 18.0. The Morgan fingerprint density at radius 1 is 1.04 bits per heavy atom. The minimum absolute atomic E-state index is 0.0442. The number of H-pyrrole nitrogens is 1. The molecule has 5 aromatic rings. The number of sulfonamides is 1. The van der Waals surface area contributed by atoms with Gasteiger partial charge in [-0.2, -0.15) is 0 Å². The maximum Gasteiger partial charge on any atom is 0.297 e. The standard InChI is InChI=1S/C49H58FN9O7S/c1-31(2)38-7-4-5-8-39(38)41-9-6-14-58(41)35-26-49(27-35)11-15-57(16-12-49)34-22-40(50)45(43(23-34)66-36-21-32-10-13-51-47(32)52-28-36)48(60)54-67(63,64)37-24-42(59(61)62)46-44(25-37)65-30-33(53-46)29-56-19-17-55(3)18-20-56/h4-5,7-8,10,13,21-25,28,31,33,35,41,53H,6,9,11-12,14-20,26-27,29-30H2,1-3H3,(H,51,52)(H,54,60)/t33-,41-/m0/s1. The zero-order chi connectivity index (χ0) is 46.6. The number of aromatic amines is 1. The smallest absolute Gasteiger partial charge is 0.297 e. The molecule has 5 aliphatic rings. The number of ether oxygens (including phenoxy) is 2. The predicted molar refractivity (Wildman–Crippen MR) is 253 cm³/mol. The molecule has 2 atom stereocenters. The van der Waals surface area contributed by atoms with Crippen molar-refractivity contribution in [1.82, 2.24) is 29.4 Å². The first-order chi connectivity index (χ1) is 32.2. The number of piperazine rings is 1. The minimum atomic E-state index is -4.82. The highest BCUT2D eigenvalue weighted by molar-refractivity contribution is 7.90. The van der Waals surface area contributed by atoms with E-state index < -0.39 is 42.8 Å². The molecule has 0 unspecified atom stereocenters. The third-order valence-corrected chi connectivity index (χ3v) is 16.1. The zero-order valence-electron chi connectivity index (χ0n) is 38.2. The Kier molecular flexibility index (Phi) is 12.1. The summed E-state index contributed by atoms with van der Waals surface area (Å²) >= 11 is 0. The molecule has 3 saturated heterocycles. The number of piperidine rings is 1. The SMILES string of the molecule is CC(C)c1ccccc1[C@@H]1CCCN1C1CC2(CCN(c3cc(F)c(C(=O)NS(=O)(=O)c4cc5c(c([N+](=O)[O-])c4)N[C@@H](CN4CCN(C)CC4)CO5)c(Oc4cnc5[nH]ccc5c4)c3)CC2)C1. The molecule has 4 fully saturated rings. The van der Waals surface area contributed by atoms with E-state index in [1.807, 2.05) is 4.72 Å². The Hall–Kier alpha value is -5.82. The third-order valence-electron chi connectivity index (χ3n) is 14.8. The molecule has 0 bridgehead atoms. The van der Waals surface area contributed by atoms with E-state index in [1.165, 1.54) is 36.2 Å². The summed E-state index contributed by atoms with van der Waals surface area (Å²) in [7, 11) is -2.77. The number of halogens is 1. The first-order valence-electron chi connectivity index (χ1n) is 23.5. The lowest BCUT2D eigenvalue weighted by Crippen LogP contribution is -2.55. The molecule has 67 heavy (non-hydrogen) atoms. The number of amides is 1. The van der Waals surface area contributed by atoms with Crippen LogP contribution in [0.5, 0.6) is 17.2 Å². The Labute approximate surface area is 390 Å². The molecule has 1 aliphatic carbocycles. The predicted octanol–water partition coefficient (Wildman–Crippen LogP) is 7.65. The lowest BCUT2D eigenvalue weighted by molar-refractivity contribution is -0.384. The number of hydrogen-bond donors (Lipinski definition) is 3. The Morgan fingerprint density at radius 3 is 2.58 bits per heavy atom. The molecule has 2 aromatic heterocycles. The van der Waals surface area contributed by atoms with Gasteiger partial charge in [0.05, 0.1) is 22.1 Å². The quantitative estimate of drug-likeness (QED) is 0.0822.